The van der Waals surface area contributed by atoms with E-state index in [1.165, 1.54) is 0 Å². The van der Waals surface area contributed by atoms with Gasteiger partial charge >= 0.3 is 0 Å². The number of rotatable bonds is 8. The molecule has 0 radical (unpaired) electrons. The molecule has 0 aliphatic carbocycles. The second-order valence-corrected chi connectivity index (χ2v) is 6.16. The summed E-state index contributed by atoms with van der Waals surface area (Å²) in [4.78, 5) is 12.5. The largest absolute Gasteiger partial charge is 0.346 e. The molecule has 3 heteroatoms. The number of alkyl halides is 1. The molecule has 1 aromatic carbocycles. The molecule has 0 heterocycles. The first kappa shape index (κ1) is 17.2. The van der Waals surface area contributed by atoms with Gasteiger partial charge in [0.05, 0.1) is 5.54 Å². The first-order valence-electron chi connectivity index (χ1n) is 7.51. The van der Waals surface area contributed by atoms with E-state index in [4.69, 9.17) is 0 Å². The number of nitrogens with one attached hydrogen (secondary N) is 1. The van der Waals surface area contributed by atoms with Gasteiger partial charge in [-0.05, 0) is 25.3 Å². The highest BCUT2D eigenvalue weighted by Crippen LogP contribution is 2.25. The van der Waals surface area contributed by atoms with E-state index in [0.29, 0.717) is 5.33 Å². The minimum Gasteiger partial charge on any atom is -0.346 e. The Morgan fingerprint density at radius 3 is 2.20 bits per heavy atom. The minimum atomic E-state index is -0.349. The monoisotopic (exact) mass is 339 g/mol. The van der Waals surface area contributed by atoms with Crippen molar-refractivity contribution in [3.05, 3.63) is 35.9 Å². The van der Waals surface area contributed by atoms with Crippen LogP contribution in [0.3, 0.4) is 0 Å². The van der Waals surface area contributed by atoms with Crippen LogP contribution in [-0.2, 0) is 10.3 Å². The van der Waals surface area contributed by atoms with Crippen molar-refractivity contribution < 1.29 is 4.79 Å². The van der Waals surface area contributed by atoms with Crippen LogP contribution in [0.1, 0.15) is 52.0 Å². The van der Waals surface area contributed by atoms with Crippen molar-refractivity contribution in [2.45, 2.75) is 52.0 Å². The average Bonchev–Trinajstić information content (AvgIpc) is 2.47. The van der Waals surface area contributed by atoms with Gasteiger partial charge in [0.2, 0.25) is 5.91 Å². The Kier molecular flexibility index (Phi) is 7.28. The summed E-state index contributed by atoms with van der Waals surface area (Å²) in [5, 5.41) is 3.95. The molecule has 112 valence electrons. The molecule has 0 saturated heterocycles. The Morgan fingerprint density at radius 1 is 1.20 bits per heavy atom. The lowest BCUT2D eigenvalue weighted by Crippen LogP contribution is -2.47. The smallest absolute Gasteiger partial charge is 0.223 e. The fourth-order valence-corrected chi connectivity index (χ4v) is 2.93. The van der Waals surface area contributed by atoms with Gasteiger partial charge in [0.25, 0.3) is 0 Å². The van der Waals surface area contributed by atoms with E-state index in [1.54, 1.807) is 0 Å². The molecule has 0 aromatic heterocycles. The van der Waals surface area contributed by atoms with Gasteiger partial charge in [-0.15, -0.1) is 0 Å². The summed E-state index contributed by atoms with van der Waals surface area (Å²) < 4.78 is 0. The van der Waals surface area contributed by atoms with Crippen molar-refractivity contribution in [1.82, 2.24) is 5.32 Å². The van der Waals surface area contributed by atoms with Crippen molar-refractivity contribution in [1.29, 1.82) is 0 Å². The topological polar surface area (TPSA) is 29.1 Å². The molecular formula is C17H26BrNO. The molecule has 1 unspecified atom stereocenters. The lowest BCUT2D eigenvalue weighted by atomic mass is 9.91. The van der Waals surface area contributed by atoms with Crippen molar-refractivity contribution in [2.24, 2.45) is 5.92 Å². The van der Waals surface area contributed by atoms with Gasteiger partial charge in [-0.25, -0.2) is 0 Å². The third kappa shape index (κ3) is 4.62. The third-order valence-electron chi connectivity index (χ3n) is 3.72. The fourth-order valence-electron chi connectivity index (χ4n) is 2.47. The van der Waals surface area contributed by atoms with Crippen molar-refractivity contribution in [3.63, 3.8) is 0 Å². The van der Waals surface area contributed by atoms with Crippen molar-refractivity contribution in [2.75, 3.05) is 5.33 Å². The first-order chi connectivity index (χ1) is 9.57. The zero-order valence-corrected chi connectivity index (χ0v) is 14.4. The summed E-state index contributed by atoms with van der Waals surface area (Å²) in [5.41, 5.74) is 0.787. The van der Waals surface area contributed by atoms with Gasteiger partial charge in [-0.1, -0.05) is 73.0 Å². The van der Waals surface area contributed by atoms with Gasteiger partial charge < -0.3 is 5.32 Å². The van der Waals surface area contributed by atoms with E-state index in [1.807, 2.05) is 18.2 Å². The Hall–Kier alpha value is -0.830. The maximum absolute atomic E-state index is 12.5. The van der Waals surface area contributed by atoms with Crippen LogP contribution in [0.15, 0.2) is 30.3 Å². The summed E-state index contributed by atoms with van der Waals surface area (Å²) in [6, 6.07) is 10.2. The lowest BCUT2D eigenvalue weighted by molar-refractivity contribution is -0.127. The lowest BCUT2D eigenvalue weighted by Gasteiger charge is -2.31. The molecule has 1 N–H and O–H groups in total. The van der Waals surface area contributed by atoms with E-state index in [0.717, 1.165) is 31.2 Å². The minimum absolute atomic E-state index is 0.132. The van der Waals surface area contributed by atoms with Crippen LogP contribution in [-0.4, -0.2) is 11.2 Å². The summed E-state index contributed by atoms with van der Waals surface area (Å²) in [5.74, 6) is 0.312. The number of benzene rings is 1. The summed E-state index contributed by atoms with van der Waals surface area (Å²) in [6.07, 6.45) is 4.03. The van der Waals surface area contributed by atoms with Gasteiger partial charge in [-0.2, -0.15) is 0 Å². The third-order valence-corrected chi connectivity index (χ3v) is 4.84. The highest BCUT2D eigenvalue weighted by Gasteiger charge is 2.29. The predicted molar refractivity (Wildman–Crippen MR) is 89.0 cm³/mol. The summed E-state index contributed by atoms with van der Waals surface area (Å²) in [6.45, 7) is 6.34. The van der Waals surface area contributed by atoms with E-state index in [9.17, 15) is 4.79 Å². The van der Waals surface area contributed by atoms with Crippen LogP contribution in [0.4, 0.5) is 0 Å². The Morgan fingerprint density at radius 2 is 1.75 bits per heavy atom. The quantitative estimate of drug-likeness (QED) is 0.687. The van der Waals surface area contributed by atoms with E-state index in [2.05, 4.69) is 54.2 Å². The van der Waals surface area contributed by atoms with Crippen LogP contribution in [0, 0.1) is 5.92 Å². The molecule has 0 aliphatic heterocycles. The predicted octanol–water partition coefficient (Wildman–Crippen LogP) is 4.63. The molecule has 0 spiro atoms. The van der Waals surface area contributed by atoms with Crippen molar-refractivity contribution >= 4 is 21.8 Å². The normalized spacial score (nSPS) is 14.1. The molecule has 0 fully saturated rings. The molecule has 2 nitrogen and oxygen atoms in total. The van der Waals surface area contributed by atoms with Gasteiger partial charge in [0.1, 0.15) is 0 Å². The Labute approximate surface area is 131 Å². The van der Waals surface area contributed by atoms with E-state index in [-0.39, 0.29) is 17.4 Å². The molecule has 1 aromatic rings. The maximum Gasteiger partial charge on any atom is 0.223 e. The number of amides is 1. The first-order valence-corrected chi connectivity index (χ1v) is 8.63. The number of hydrogen-bond acceptors (Lipinski definition) is 1. The molecule has 1 amide bonds. The Bertz CT molecular complexity index is 401. The summed E-state index contributed by atoms with van der Waals surface area (Å²) >= 11 is 3.55. The molecular weight excluding hydrogens is 314 g/mol. The van der Waals surface area contributed by atoms with E-state index < -0.39 is 0 Å². The van der Waals surface area contributed by atoms with Crippen LogP contribution < -0.4 is 5.32 Å². The molecule has 0 bridgehead atoms. The van der Waals surface area contributed by atoms with Gasteiger partial charge in [0, 0.05) is 11.2 Å². The Balaban J connectivity index is 2.83. The SMILES string of the molecule is CCCC(CCC)C(=O)NC(C)(CBr)c1ccccc1. The number of hydrogen-bond donors (Lipinski definition) is 1. The molecule has 20 heavy (non-hydrogen) atoms. The fraction of sp³-hybridized carbons (Fsp3) is 0.588. The van der Waals surface area contributed by atoms with Gasteiger partial charge in [-0.3, -0.25) is 4.79 Å². The summed E-state index contributed by atoms with van der Waals surface area (Å²) in [7, 11) is 0. The number of carbonyl (C=O) groups excluding carboxylic acids is 1. The highest BCUT2D eigenvalue weighted by molar-refractivity contribution is 9.09. The standard InChI is InChI=1S/C17H26BrNO/c1-4-9-14(10-5-2)16(20)19-17(3,13-18)15-11-7-6-8-12-15/h6-8,11-12,14H,4-5,9-10,13H2,1-3H3,(H,19,20). The maximum atomic E-state index is 12.5. The second-order valence-electron chi connectivity index (χ2n) is 5.60. The van der Waals surface area contributed by atoms with Crippen LogP contribution in [0.2, 0.25) is 0 Å². The van der Waals surface area contributed by atoms with Crippen LogP contribution in [0.5, 0.6) is 0 Å². The number of halogens is 1. The average molecular weight is 340 g/mol. The molecule has 0 aliphatic rings. The highest BCUT2D eigenvalue weighted by atomic mass is 79.9. The van der Waals surface area contributed by atoms with E-state index >= 15 is 0 Å². The number of carbonyl (C=O) groups is 1. The molecule has 0 saturated carbocycles. The second kappa shape index (κ2) is 8.46. The van der Waals surface area contributed by atoms with Gasteiger partial charge in [0.15, 0.2) is 0 Å². The molecule has 1 atom stereocenters. The van der Waals surface area contributed by atoms with Crippen LogP contribution >= 0.6 is 15.9 Å². The van der Waals surface area contributed by atoms with Crippen molar-refractivity contribution in [3.8, 4) is 0 Å². The zero-order valence-electron chi connectivity index (χ0n) is 12.8. The zero-order chi connectivity index (χ0) is 15.0. The molecule has 1 rings (SSSR count). The van der Waals surface area contributed by atoms with Crippen LogP contribution in [0.25, 0.3) is 0 Å².